The summed E-state index contributed by atoms with van der Waals surface area (Å²) in [6, 6.07) is 13.7. The molecule has 2 aromatic carbocycles. The van der Waals surface area contributed by atoms with Crippen molar-refractivity contribution in [3.63, 3.8) is 0 Å². The summed E-state index contributed by atoms with van der Waals surface area (Å²) in [4.78, 5) is 12.9. The van der Waals surface area contributed by atoms with Crippen LogP contribution in [-0.4, -0.2) is 30.4 Å². The van der Waals surface area contributed by atoms with Gasteiger partial charge in [0, 0.05) is 23.0 Å². The monoisotopic (exact) mass is 465 g/mol. The second kappa shape index (κ2) is 8.71. The molecule has 168 valence electrons. The van der Waals surface area contributed by atoms with Gasteiger partial charge >= 0.3 is 5.69 Å². The van der Waals surface area contributed by atoms with E-state index in [9.17, 15) is 9.18 Å². The van der Waals surface area contributed by atoms with Gasteiger partial charge in [-0.25, -0.2) is 22.8 Å². The Morgan fingerprint density at radius 3 is 2.64 bits per heavy atom. The summed E-state index contributed by atoms with van der Waals surface area (Å²) in [5.74, 6) is 0.392. The van der Waals surface area contributed by atoms with Crippen LogP contribution in [0.2, 0.25) is 5.02 Å². The normalized spacial score (nSPS) is 11.5. The van der Waals surface area contributed by atoms with Crippen LogP contribution in [0.3, 0.4) is 0 Å². The van der Waals surface area contributed by atoms with Gasteiger partial charge in [0.1, 0.15) is 17.1 Å². The van der Waals surface area contributed by atoms with Gasteiger partial charge in [0.25, 0.3) is 0 Å². The highest BCUT2D eigenvalue weighted by atomic mass is 35.5. The zero-order chi connectivity index (χ0) is 22.9. The van der Waals surface area contributed by atoms with E-state index in [1.165, 1.54) is 21.2 Å². The fourth-order valence-electron chi connectivity index (χ4n) is 3.65. The second-order valence-electron chi connectivity index (χ2n) is 7.75. The molecule has 0 bridgehead atoms. The first-order valence-electron chi connectivity index (χ1n) is 10.7. The molecule has 5 aromatic rings. The number of fused-ring (bicyclic) bond motifs is 3. The second-order valence-corrected chi connectivity index (χ2v) is 8.16. The Morgan fingerprint density at radius 2 is 1.88 bits per heavy atom. The van der Waals surface area contributed by atoms with E-state index in [2.05, 4.69) is 17.1 Å². The average Bonchev–Trinajstić information content (AvgIpc) is 3.38. The number of nitrogens with zero attached hydrogens (tertiary/aromatic N) is 5. The van der Waals surface area contributed by atoms with Crippen molar-refractivity contribution in [2.24, 2.45) is 0 Å². The largest absolute Gasteiger partial charge is 0.494 e. The van der Waals surface area contributed by atoms with Gasteiger partial charge in [0.15, 0.2) is 5.65 Å². The van der Waals surface area contributed by atoms with Crippen molar-refractivity contribution < 1.29 is 9.13 Å². The van der Waals surface area contributed by atoms with Crippen molar-refractivity contribution in [3.8, 4) is 17.0 Å². The lowest BCUT2D eigenvalue weighted by Crippen LogP contribution is -2.21. The van der Waals surface area contributed by atoms with E-state index in [1.807, 2.05) is 30.3 Å². The maximum atomic E-state index is 13.4. The van der Waals surface area contributed by atoms with Crippen LogP contribution >= 0.6 is 11.6 Å². The molecule has 7 nitrogen and oxygen atoms in total. The van der Waals surface area contributed by atoms with E-state index < -0.39 is 5.82 Å². The van der Waals surface area contributed by atoms with Crippen molar-refractivity contribution in [1.29, 1.82) is 0 Å². The third-order valence-electron chi connectivity index (χ3n) is 5.44. The van der Waals surface area contributed by atoms with Gasteiger partial charge in [0.2, 0.25) is 0 Å². The number of benzene rings is 2. The summed E-state index contributed by atoms with van der Waals surface area (Å²) in [6.07, 6.45) is 5.45. The predicted octanol–water partition coefficient (Wildman–Crippen LogP) is 4.83. The van der Waals surface area contributed by atoms with Gasteiger partial charge in [0.05, 0.1) is 18.8 Å². The van der Waals surface area contributed by atoms with Gasteiger partial charge < -0.3 is 4.74 Å². The summed E-state index contributed by atoms with van der Waals surface area (Å²) in [5, 5.41) is 9.38. The molecule has 0 saturated carbocycles. The number of hydrogen-bond acceptors (Lipinski definition) is 4. The highest BCUT2D eigenvalue weighted by molar-refractivity contribution is 6.31. The van der Waals surface area contributed by atoms with Gasteiger partial charge in [-0.3, -0.25) is 0 Å². The molecule has 3 aromatic heterocycles. The Bertz CT molecular complexity index is 1500. The summed E-state index contributed by atoms with van der Waals surface area (Å²) in [6.45, 7) is 2.96. The molecule has 0 saturated heterocycles. The van der Waals surface area contributed by atoms with E-state index in [0.29, 0.717) is 23.3 Å². The van der Waals surface area contributed by atoms with Crippen LogP contribution in [-0.2, 0) is 6.54 Å². The van der Waals surface area contributed by atoms with Gasteiger partial charge in [-0.2, -0.15) is 5.10 Å². The first-order valence-corrected chi connectivity index (χ1v) is 11.1. The van der Waals surface area contributed by atoms with E-state index in [-0.39, 0.29) is 17.3 Å². The number of rotatable bonds is 7. The molecule has 0 spiro atoms. The standard InChI is InChI=1S/C24H21ClFN5O2/c1-2-3-12-33-19-8-5-16(6-9-19)21-14-22-23-28-31(15-17-4-7-18(26)13-20(17)25)24(32)29(23)10-11-30(22)27-21/h4-11,13-14H,2-3,12,15H2,1H3. The summed E-state index contributed by atoms with van der Waals surface area (Å²) >= 11 is 6.13. The molecule has 0 fully saturated rings. The van der Waals surface area contributed by atoms with Crippen LogP contribution in [0.4, 0.5) is 4.39 Å². The molecule has 5 rings (SSSR count). The van der Waals surface area contributed by atoms with Crippen molar-refractivity contribution in [2.45, 2.75) is 26.3 Å². The molecule has 0 N–H and O–H groups in total. The van der Waals surface area contributed by atoms with Crippen LogP contribution < -0.4 is 10.4 Å². The molecule has 3 heterocycles. The first kappa shape index (κ1) is 21.2. The highest BCUT2D eigenvalue weighted by Crippen LogP contribution is 2.24. The minimum atomic E-state index is -0.430. The Balaban J connectivity index is 1.49. The number of unbranched alkanes of at least 4 members (excludes halogenated alkanes) is 1. The fourth-order valence-corrected chi connectivity index (χ4v) is 3.87. The molecule has 0 aliphatic carbocycles. The predicted molar refractivity (Wildman–Crippen MR) is 125 cm³/mol. The maximum Gasteiger partial charge on any atom is 0.350 e. The van der Waals surface area contributed by atoms with E-state index in [1.54, 1.807) is 23.0 Å². The van der Waals surface area contributed by atoms with Crippen LogP contribution in [0, 0.1) is 5.82 Å². The number of ether oxygens (including phenoxy) is 1. The molecule has 0 amide bonds. The third kappa shape index (κ3) is 4.09. The zero-order valence-corrected chi connectivity index (χ0v) is 18.7. The molecule has 33 heavy (non-hydrogen) atoms. The van der Waals surface area contributed by atoms with E-state index in [0.717, 1.165) is 29.8 Å². The van der Waals surface area contributed by atoms with Crippen molar-refractivity contribution in [3.05, 3.63) is 87.8 Å². The fraction of sp³-hybridized carbons (Fsp3) is 0.208. The molecule has 9 heteroatoms. The average molecular weight is 466 g/mol. The molecule has 0 radical (unpaired) electrons. The minimum absolute atomic E-state index is 0.131. The van der Waals surface area contributed by atoms with Crippen LogP contribution in [0.5, 0.6) is 5.75 Å². The SMILES string of the molecule is CCCCOc1ccc(-c2cc3c4nn(Cc5ccc(F)cc5Cl)c(=O)n4ccn3n2)cc1. The minimum Gasteiger partial charge on any atom is -0.494 e. The lowest BCUT2D eigenvalue weighted by atomic mass is 10.1. The number of aromatic nitrogens is 5. The van der Waals surface area contributed by atoms with Crippen molar-refractivity contribution in [2.75, 3.05) is 6.61 Å². The molecule has 0 aliphatic rings. The van der Waals surface area contributed by atoms with Gasteiger partial charge in [-0.15, -0.1) is 5.10 Å². The quantitative estimate of drug-likeness (QED) is 0.323. The lowest BCUT2D eigenvalue weighted by molar-refractivity contribution is 0.309. The molecule has 0 atom stereocenters. The summed E-state index contributed by atoms with van der Waals surface area (Å²) < 4.78 is 23.5. The molecular weight excluding hydrogens is 445 g/mol. The Labute approximate surface area is 193 Å². The Kier molecular flexibility index (Phi) is 5.60. The van der Waals surface area contributed by atoms with Crippen LogP contribution in [0.25, 0.3) is 22.4 Å². The van der Waals surface area contributed by atoms with Crippen molar-refractivity contribution in [1.82, 2.24) is 23.8 Å². The summed E-state index contributed by atoms with van der Waals surface area (Å²) in [5.41, 5.74) is 3.14. The molecular formula is C24H21ClFN5O2. The highest BCUT2D eigenvalue weighted by Gasteiger charge is 2.15. The first-order chi connectivity index (χ1) is 16.0. The van der Waals surface area contributed by atoms with E-state index in [4.69, 9.17) is 16.3 Å². The topological polar surface area (TPSA) is 65.8 Å². The Morgan fingerprint density at radius 1 is 1.06 bits per heavy atom. The van der Waals surface area contributed by atoms with Crippen molar-refractivity contribution >= 4 is 22.8 Å². The third-order valence-corrected chi connectivity index (χ3v) is 5.80. The van der Waals surface area contributed by atoms with Crippen LogP contribution in [0.1, 0.15) is 25.3 Å². The van der Waals surface area contributed by atoms with Gasteiger partial charge in [-0.05, 0) is 54.4 Å². The smallest absolute Gasteiger partial charge is 0.350 e. The van der Waals surface area contributed by atoms with E-state index >= 15 is 0 Å². The molecule has 0 unspecified atom stereocenters. The lowest BCUT2D eigenvalue weighted by Gasteiger charge is -2.05. The maximum absolute atomic E-state index is 13.4. The number of hydrogen-bond donors (Lipinski definition) is 0. The Hall–Kier alpha value is -3.65. The zero-order valence-electron chi connectivity index (χ0n) is 17.9. The van der Waals surface area contributed by atoms with Gasteiger partial charge in [-0.1, -0.05) is 31.0 Å². The number of halogens is 2. The molecule has 0 aliphatic heterocycles. The summed E-state index contributed by atoms with van der Waals surface area (Å²) in [7, 11) is 0. The van der Waals surface area contributed by atoms with Crippen LogP contribution in [0.15, 0.2) is 65.7 Å².